The molecular weight excluding hydrogens is 430 g/mol. The highest BCUT2D eigenvalue weighted by Crippen LogP contribution is 2.44. The zero-order chi connectivity index (χ0) is 22.7. The maximum absolute atomic E-state index is 13.3. The quantitative estimate of drug-likeness (QED) is 0.497. The molecule has 2 aromatic heterocycles. The van der Waals surface area contributed by atoms with Crippen molar-refractivity contribution in [2.75, 3.05) is 20.8 Å². The van der Waals surface area contributed by atoms with Gasteiger partial charge in [-0.1, -0.05) is 6.07 Å². The molecule has 0 unspecified atom stereocenters. The van der Waals surface area contributed by atoms with Crippen molar-refractivity contribution in [3.8, 4) is 11.5 Å². The lowest BCUT2D eigenvalue weighted by Crippen LogP contribution is -2.32. The predicted octanol–water partition coefficient (Wildman–Crippen LogP) is 3.63. The lowest BCUT2D eigenvalue weighted by atomic mass is 9.94. The van der Waals surface area contributed by atoms with E-state index in [9.17, 15) is 14.7 Å². The summed E-state index contributed by atoms with van der Waals surface area (Å²) < 4.78 is 12.8. The summed E-state index contributed by atoms with van der Waals surface area (Å²) in [4.78, 5) is 32.4. The normalized spacial score (nSPS) is 16.0. The van der Waals surface area contributed by atoms with Crippen molar-refractivity contribution >= 4 is 23.0 Å². The fraction of sp³-hybridized carbons (Fsp3) is 0.261. The standard InChI is InChI=1S/C23H23N3O5S/c1-30-15-6-7-17(31-2)16(13-15)20-19(21(27)18-5-3-12-32-18)22(28)23(29)26(20)10-4-9-25-11-8-24-14-25/h3,5-8,11-14,20,28H,4,9-10H2,1-2H3/t20-/m1/s1. The number of Topliss-reactive ketones (excluding diaryl/α,β-unsaturated/α-hetero) is 1. The van der Waals surface area contributed by atoms with E-state index >= 15 is 0 Å². The molecule has 0 spiro atoms. The molecule has 1 aliphatic heterocycles. The molecule has 8 nitrogen and oxygen atoms in total. The summed E-state index contributed by atoms with van der Waals surface area (Å²) in [5.41, 5.74) is 0.624. The molecule has 3 heterocycles. The molecule has 32 heavy (non-hydrogen) atoms. The third-order valence-corrected chi connectivity index (χ3v) is 6.27. The van der Waals surface area contributed by atoms with E-state index in [2.05, 4.69) is 4.98 Å². The first-order valence-electron chi connectivity index (χ1n) is 10.0. The average Bonchev–Trinajstić information content (AvgIpc) is 3.57. The number of carbonyl (C=O) groups excluding carboxylic acids is 2. The number of ketones is 1. The van der Waals surface area contributed by atoms with Crippen molar-refractivity contribution in [2.24, 2.45) is 0 Å². The highest BCUT2D eigenvalue weighted by molar-refractivity contribution is 7.12. The van der Waals surface area contributed by atoms with Gasteiger partial charge in [-0.3, -0.25) is 9.59 Å². The summed E-state index contributed by atoms with van der Waals surface area (Å²) in [6, 6.07) is 7.85. The Labute approximate surface area is 189 Å². The molecule has 0 aliphatic carbocycles. The molecule has 1 amide bonds. The molecule has 1 N–H and O–H groups in total. The van der Waals surface area contributed by atoms with Gasteiger partial charge in [0.1, 0.15) is 11.5 Å². The van der Waals surface area contributed by atoms with Crippen LogP contribution in [0, 0.1) is 0 Å². The number of methoxy groups -OCH3 is 2. The summed E-state index contributed by atoms with van der Waals surface area (Å²) >= 11 is 1.26. The van der Waals surface area contributed by atoms with Crippen LogP contribution < -0.4 is 9.47 Å². The lowest BCUT2D eigenvalue weighted by molar-refractivity contribution is -0.129. The van der Waals surface area contributed by atoms with Gasteiger partial charge in [-0.2, -0.15) is 0 Å². The van der Waals surface area contributed by atoms with Crippen LogP contribution in [0.25, 0.3) is 0 Å². The molecule has 1 atom stereocenters. The van der Waals surface area contributed by atoms with E-state index in [1.54, 1.807) is 55.3 Å². The number of carbonyl (C=O) groups is 2. The summed E-state index contributed by atoms with van der Waals surface area (Å²) in [5, 5.41) is 12.6. The third-order valence-electron chi connectivity index (χ3n) is 5.40. The Morgan fingerprint density at radius 1 is 1.22 bits per heavy atom. The van der Waals surface area contributed by atoms with Crippen molar-refractivity contribution in [3.05, 3.63) is 76.2 Å². The minimum Gasteiger partial charge on any atom is -0.503 e. The van der Waals surface area contributed by atoms with Crippen LogP contribution in [-0.4, -0.2) is 52.0 Å². The predicted molar refractivity (Wildman–Crippen MR) is 119 cm³/mol. The molecule has 4 rings (SSSR count). The van der Waals surface area contributed by atoms with Crippen LogP contribution in [0.2, 0.25) is 0 Å². The number of benzene rings is 1. The Morgan fingerprint density at radius 3 is 2.72 bits per heavy atom. The van der Waals surface area contributed by atoms with E-state index in [4.69, 9.17) is 9.47 Å². The van der Waals surface area contributed by atoms with Gasteiger partial charge in [-0.05, 0) is 36.1 Å². The summed E-state index contributed by atoms with van der Waals surface area (Å²) in [5.74, 6) is -0.431. The number of aryl methyl sites for hydroxylation is 1. The van der Waals surface area contributed by atoms with Crippen LogP contribution in [0.4, 0.5) is 0 Å². The Kier molecular flexibility index (Phi) is 6.27. The molecule has 3 aromatic rings. The monoisotopic (exact) mass is 453 g/mol. The molecule has 166 valence electrons. The van der Waals surface area contributed by atoms with Crippen LogP contribution in [0.3, 0.4) is 0 Å². The molecule has 9 heteroatoms. The Morgan fingerprint density at radius 2 is 2.06 bits per heavy atom. The van der Waals surface area contributed by atoms with Crippen LogP contribution in [0.15, 0.2) is 65.8 Å². The smallest absolute Gasteiger partial charge is 0.290 e. The maximum Gasteiger partial charge on any atom is 0.290 e. The molecule has 1 aliphatic rings. The van der Waals surface area contributed by atoms with Crippen LogP contribution >= 0.6 is 11.3 Å². The Hall–Kier alpha value is -3.59. The topological polar surface area (TPSA) is 93.9 Å². The molecule has 1 aromatic carbocycles. The van der Waals surface area contributed by atoms with Gasteiger partial charge >= 0.3 is 0 Å². The van der Waals surface area contributed by atoms with Crippen molar-refractivity contribution < 1.29 is 24.2 Å². The maximum atomic E-state index is 13.3. The van der Waals surface area contributed by atoms with E-state index in [0.717, 1.165) is 0 Å². The van der Waals surface area contributed by atoms with Gasteiger partial charge < -0.3 is 24.0 Å². The minimum atomic E-state index is -0.801. The average molecular weight is 454 g/mol. The number of amides is 1. The highest BCUT2D eigenvalue weighted by atomic mass is 32.1. The van der Waals surface area contributed by atoms with E-state index in [1.807, 2.05) is 10.8 Å². The number of imidazole rings is 1. The van der Waals surface area contributed by atoms with Gasteiger partial charge in [0.15, 0.2) is 5.76 Å². The van der Waals surface area contributed by atoms with Gasteiger partial charge in [0.05, 0.1) is 37.0 Å². The zero-order valence-corrected chi connectivity index (χ0v) is 18.5. The second kappa shape index (κ2) is 9.27. The summed E-state index contributed by atoms with van der Waals surface area (Å²) in [6.45, 7) is 0.966. The first kappa shape index (κ1) is 21.6. The molecule has 0 fully saturated rings. The fourth-order valence-corrected chi connectivity index (χ4v) is 4.55. The number of ether oxygens (including phenoxy) is 2. The van der Waals surface area contributed by atoms with Crippen molar-refractivity contribution in [1.29, 1.82) is 0 Å². The Balaban J connectivity index is 1.74. The van der Waals surface area contributed by atoms with Gasteiger partial charge in [-0.25, -0.2) is 4.98 Å². The summed E-state index contributed by atoms with van der Waals surface area (Å²) in [7, 11) is 3.06. The van der Waals surface area contributed by atoms with E-state index in [0.29, 0.717) is 41.4 Å². The number of hydrogen-bond acceptors (Lipinski definition) is 7. The van der Waals surface area contributed by atoms with Gasteiger partial charge in [0.2, 0.25) is 5.78 Å². The van der Waals surface area contributed by atoms with Gasteiger partial charge in [-0.15, -0.1) is 11.3 Å². The van der Waals surface area contributed by atoms with E-state index in [1.165, 1.54) is 23.3 Å². The molecular formula is C23H23N3O5S. The highest BCUT2D eigenvalue weighted by Gasteiger charge is 2.45. The lowest BCUT2D eigenvalue weighted by Gasteiger charge is -2.28. The molecule has 0 bridgehead atoms. The first-order chi connectivity index (χ1) is 15.5. The number of aliphatic hydroxyl groups is 1. The number of aliphatic hydroxyl groups excluding tert-OH is 1. The minimum absolute atomic E-state index is 0.0478. The molecule has 0 saturated carbocycles. The van der Waals surface area contributed by atoms with Crippen molar-refractivity contribution in [3.63, 3.8) is 0 Å². The van der Waals surface area contributed by atoms with E-state index < -0.39 is 17.7 Å². The van der Waals surface area contributed by atoms with Gasteiger partial charge in [0, 0.05) is 31.0 Å². The molecule has 0 radical (unpaired) electrons. The first-order valence-corrected chi connectivity index (χ1v) is 10.9. The number of aromatic nitrogens is 2. The van der Waals surface area contributed by atoms with Crippen LogP contribution in [-0.2, 0) is 11.3 Å². The number of thiophene rings is 1. The zero-order valence-electron chi connectivity index (χ0n) is 17.7. The van der Waals surface area contributed by atoms with Gasteiger partial charge in [0.25, 0.3) is 5.91 Å². The second-order valence-electron chi connectivity index (χ2n) is 7.23. The van der Waals surface area contributed by atoms with Crippen molar-refractivity contribution in [2.45, 2.75) is 19.0 Å². The molecule has 0 saturated heterocycles. The van der Waals surface area contributed by atoms with E-state index in [-0.39, 0.29) is 11.4 Å². The van der Waals surface area contributed by atoms with Crippen LogP contribution in [0.1, 0.15) is 27.7 Å². The number of rotatable bonds is 9. The Bertz CT molecular complexity index is 1140. The number of nitrogens with zero attached hydrogens (tertiary/aromatic N) is 3. The summed E-state index contributed by atoms with van der Waals surface area (Å²) in [6.07, 6.45) is 5.85. The van der Waals surface area contributed by atoms with Crippen LogP contribution in [0.5, 0.6) is 11.5 Å². The van der Waals surface area contributed by atoms with Crippen molar-refractivity contribution in [1.82, 2.24) is 14.5 Å². The number of hydrogen-bond donors (Lipinski definition) is 1. The SMILES string of the molecule is COc1ccc(OC)c([C@@H]2C(C(=O)c3cccs3)=C(O)C(=O)N2CCCn2ccnc2)c1. The second-order valence-corrected chi connectivity index (χ2v) is 8.18. The fourth-order valence-electron chi connectivity index (χ4n) is 3.88. The largest absolute Gasteiger partial charge is 0.503 e. The third kappa shape index (κ3) is 3.99.